The highest BCUT2D eigenvalue weighted by molar-refractivity contribution is 9.13. The van der Waals surface area contributed by atoms with Gasteiger partial charge in [0.15, 0.2) is 4.67 Å². The van der Waals surface area contributed by atoms with Gasteiger partial charge in [-0.15, -0.1) is 0 Å². The van der Waals surface area contributed by atoms with E-state index in [1.165, 1.54) is 0 Å². The Balaban J connectivity index is 2.10. The molecular formula is C12H10Br3NO2. The highest BCUT2D eigenvalue weighted by atomic mass is 79.9. The highest BCUT2D eigenvalue weighted by Crippen LogP contribution is 2.30. The second-order valence-electron chi connectivity index (χ2n) is 3.53. The molecule has 1 heterocycles. The van der Waals surface area contributed by atoms with Crippen LogP contribution in [0.5, 0.6) is 5.75 Å². The molecule has 0 aliphatic heterocycles. The third-order valence-electron chi connectivity index (χ3n) is 2.32. The zero-order chi connectivity index (χ0) is 13.1. The molecular weight excluding hydrogens is 430 g/mol. The molecule has 0 atom stereocenters. The summed E-state index contributed by atoms with van der Waals surface area (Å²) in [5.74, 6) is 1.64. The van der Waals surface area contributed by atoms with Crippen LogP contribution < -0.4 is 10.1 Å². The van der Waals surface area contributed by atoms with Gasteiger partial charge in [0.1, 0.15) is 11.5 Å². The van der Waals surface area contributed by atoms with E-state index in [2.05, 4.69) is 53.1 Å². The largest absolute Gasteiger partial charge is 0.497 e. The number of methoxy groups -OCH3 is 1. The lowest BCUT2D eigenvalue weighted by atomic mass is 10.3. The van der Waals surface area contributed by atoms with E-state index >= 15 is 0 Å². The number of ether oxygens (including phenoxy) is 1. The molecule has 0 aliphatic rings. The average molecular weight is 440 g/mol. The summed E-state index contributed by atoms with van der Waals surface area (Å²) in [5.41, 5.74) is 0.956. The van der Waals surface area contributed by atoms with Gasteiger partial charge < -0.3 is 14.5 Å². The summed E-state index contributed by atoms with van der Waals surface area (Å²) in [6, 6.07) is 7.69. The Labute approximate surface area is 130 Å². The first kappa shape index (κ1) is 14.0. The minimum atomic E-state index is 0.593. The summed E-state index contributed by atoms with van der Waals surface area (Å²) in [7, 11) is 1.65. The van der Waals surface area contributed by atoms with Crippen LogP contribution >= 0.6 is 47.8 Å². The fraction of sp³-hybridized carbons (Fsp3) is 0.167. The van der Waals surface area contributed by atoms with Crippen LogP contribution in [-0.4, -0.2) is 7.11 Å². The maximum atomic E-state index is 5.49. The molecule has 0 saturated heterocycles. The maximum Gasteiger partial charge on any atom is 0.183 e. The fourth-order valence-electron chi connectivity index (χ4n) is 1.43. The van der Waals surface area contributed by atoms with Crippen molar-refractivity contribution in [3.63, 3.8) is 0 Å². The maximum absolute atomic E-state index is 5.49. The van der Waals surface area contributed by atoms with Crippen molar-refractivity contribution in [1.82, 2.24) is 0 Å². The molecule has 0 radical (unpaired) electrons. The van der Waals surface area contributed by atoms with Crippen molar-refractivity contribution >= 4 is 53.5 Å². The van der Waals surface area contributed by atoms with Gasteiger partial charge in [-0.25, -0.2) is 0 Å². The Morgan fingerprint density at radius 3 is 2.56 bits per heavy atom. The topological polar surface area (TPSA) is 34.4 Å². The van der Waals surface area contributed by atoms with Gasteiger partial charge in [-0.3, -0.25) is 0 Å². The van der Waals surface area contributed by atoms with Crippen LogP contribution in [0.15, 0.2) is 42.3 Å². The molecule has 2 rings (SSSR count). The van der Waals surface area contributed by atoms with Crippen molar-refractivity contribution in [1.29, 1.82) is 0 Å². The van der Waals surface area contributed by atoms with Gasteiger partial charge >= 0.3 is 0 Å². The number of hydrogen-bond acceptors (Lipinski definition) is 3. The zero-order valence-corrected chi connectivity index (χ0v) is 14.2. The second kappa shape index (κ2) is 6.12. The molecule has 0 bridgehead atoms. The molecule has 2 aromatic rings. The van der Waals surface area contributed by atoms with Gasteiger partial charge in [-0.1, -0.05) is 0 Å². The van der Waals surface area contributed by atoms with Crippen LogP contribution in [0.1, 0.15) is 5.76 Å². The van der Waals surface area contributed by atoms with E-state index in [1.54, 1.807) is 7.11 Å². The Morgan fingerprint density at radius 1 is 1.17 bits per heavy atom. The molecule has 3 nitrogen and oxygen atoms in total. The summed E-state index contributed by atoms with van der Waals surface area (Å²) < 4.78 is 13.3. The summed E-state index contributed by atoms with van der Waals surface area (Å²) >= 11 is 10.2. The van der Waals surface area contributed by atoms with Crippen molar-refractivity contribution < 1.29 is 9.15 Å². The number of halogens is 3. The van der Waals surface area contributed by atoms with Crippen molar-refractivity contribution in [3.8, 4) is 5.75 Å². The number of furan rings is 1. The summed E-state index contributed by atoms with van der Waals surface area (Å²) in [6.45, 7) is 0.593. The minimum Gasteiger partial charge on any atom is -0.497 e. The monoisotopic (exact) mass is 437 g/mol. The van der Waals surface area contributed by atoms with Gasteiger partial charge in [-0.05, 0) is 66.0 Å². The lowest BCUT2D eigenvalue weighted by molar-refractivity contribution is 0.415. The Kier molecular flexibility index (Phi) is 4.75. The summed E-state index contributed by atoms with van der Waals surface area (Å²) in [6.07, 6.45) is 0. The molecule has 0 fully saturated rings. The quantitative estimate of drug-likeness (QED) is 0.712. The molecule has 1 N–H and O–H groups in total. The SMILES string of the molecule is COc1ccc(Br)c(NCc2cc(Br)c(Br)o2)c1. The van der Waals surface area contributed by atoms with E-state index in [0.717, 1.165) is 26.1 Å². The summed E-state index contributed by atoms with van der Waals surface area (Å²) in [4.78, 5) is 0. The van der Waals surface area contributed by atoms with E-state index < -0.39 is 0 Å². The molecule has 0 aliphatic carbocycles. The molecule has 0 amide bonds. The number of rotatable bonds is 4. The normalized spacial score (nSPS) is 10.4. The predicted molar refractivity (Wildman–Crippen MR) is 82.1 cm³/mol. The van der Waals surface area contributed by atoms with E-state index in [1.807, 2.05) is 24.3 Å². The van der Waals surface area contributed by atoms with Crippen LogP contribution in [0.25, 0.3) is 0 Å². The number of benzene rings is 1. The zero-order valence-electron chi connectivity index (χ0n) is 9.47. The van der Waals surface area contributed by atoms with Crippen LogP contribution in [-0.2, 0) is 6.54 Å². The molecule has 0 unspecified atom stereocenters. The Bertz CT molecular complexity index is 535. The van der Waals surface area contributed by atoms with Crippen molar-refractivity contribution in [2.45, 2.75) is 6.54 Å². The molecule has 96 valence electrons. The standard InChI is InChI=1S/C12H10Br3NO2/c1-17-7-2-3-9(13)11(5-7)16-6-8-4-10(14)12(15)18-8/h2-5,16H,6H2,1H3. The van der Waals surface area contributed by atoms with E-state index in [-0.39, 0.29) is 0 Å². The lowest BCUT2D eigenvalue weighted by Gasteiger charge is -2.09. The minimum absolute atomic E-state index is 0.593. The molecule has 6 heteroatoms. The van der Waals surface area contributed by atoms with E-state index in [4.69, 9.17) is 9.15 Å². The Morgan fingerprint density at radius 2 is 1.94 bits per heavy atom. The molecule has 1 aromatic heterocycles. The van der Waals surface area contributed by atoms with Crippen LogP contribution in [0.4, 0.5) is 5.69 Å². The number of hydrogen-bond donors (Lipinski definition) is 1. The van der Waals surface area contributed by atoms with Gasteiger partial charge in [-0.2, -0.15) is 0 Å². The number of nitrogens with one attached hydrogen (secondary N) is 1. The molecule has 1 aromatic carbocycles. The van der Waals surface area contributed by atoms with Gasteiger partial charge in [0.2, 0.25) is 0 Å². The van der Waals surface area contributed by atoms with Crippen LogP contribution in [0.3, 0.4) is 0 Å². The third-order valence-corrected chi connectivity index (χ3v) is 4.72. The Hall–Kier alpha value is -0.460. The third kappa shape index (κ3) is 3.30. The molecule has 18 heavy (non-hydrogen) atoms. The van der Waals surface area contributed by atoms with Gasteiger partial charge in [0.05, 0.1) is 23.8 Å². The number of anilines is 1. The van der Waals surface area contributed by atoms with Crippen LogP contribution in [0, 0.1) is 0 Å². The first-order chi connectivity index (χ1) is 8.60. The smallest absolute Gasteiger partial charge is 0.183 e. The highest BCUT2D eigenvalue weighted by Gasteiger charge is 2.07. The fourth-order valence-corrected chi connectivity index (χ4v) is 2.47. The average Bonchev–Trinajstić information content (AvgIpc) is 2.68. The second-order valence-corrected chi connectivity index (χ2v) is 5.96. The van der Waals surface area contributed by atoms with E-state index in [9.17, 15) is 0 Å². The van der Waals surface area contributed by atoms with Gasteiger partial charge in [0, 0.05) is 10.5 Å². The predicted octanol–water partition coefficient (Wildman–Crippen LogP) is 5.19. The molecule has 0 saturated carbocycles. The lowest BCUT2D eigenvalue weighted by Crippen LogP contribution is -1.99. The summed E-state index contributed by atoms with van der Waals surface area (Å²) in [5, 5.41) is 3.28. The van der Waals surface area contributed by atoms with Crippen molar-refractivity contribution in [3.05, 3.63) is 43.6 Å². The van der Waals surface area contributed by atoms with Crippen molar-refractivity contribution in [2.24, 2.45) is 0 Å². The van der Waals surface area contributed by atoms with Gasteiger partial charge in [0.25, 0.3) is 0 Å². The van der Waals surface area contributed by atoms with Crippen molar-refractivity contribution in [2.75, 3.05) is 12.4 Å². The van der Waals surface area contributed by atoms with Crippen LogP contribution in [0.2, 0.25) is 0 Å². The first-order valence-electron chi connectivity index (χ1n) is 5.11. The first-order valence-corrected chi connectivity index (χ1v) is 7.49. The van der Waals surface area contributed by atoms with E-state index in [0.29, 0.717) is 11.2 Å². The molecule has 0 spiro atoms.